The number of amides is 2. The summed E-state index contributed by atoms with van der Waals surface area (Å²) in [6.45, 7) is 2.51. The number of carboxylic acid groups (broad SMARTS) is 1. The van der Waals surface area contributed by atoms with Crippen molar-refractivity contribution in [2.45, 2.75) is 37.8 Å². The Morgan fingerprint density at radius 1 is 1.17 bits per heavy atom. The maximum atomic E-state index is 13.2. The Hall–Kier alpha value is -3.01. The zero-order chi connectivity index (χ0) is 27.1. The van der Waals surface area contributed by atoms with Crippen molar-refractivity contribution in [1.29, 1.82) is 0 Å². The minimum absolute atomic E-state index is 0.0639. The molecule has 2 rings (SSSR count). The van der Waals surface area contributed by atoms with E-state index in [0.717, 1.165) is 24.0 Å². The molecule has 3 N–H and O–H groups in total. The fourth-order valence-corrected chi connectivity index (χ4v) is 4.47. The molecule has 16 heteroatoms. The van der Waals surface area contributed by atoms with E-state index < -0.39 is 59.5 Å². The van der Waals surface area contributed by atoms with Crippen molar-refractivity contribution >= 4 is 44.7 Å². The number of benzene rings is 1. The van der Waals surface area contributed by atoms with Crippen LogP contribution in [0.25, 0.3) is 0 Å². The second-order valence-corrected chi connectivity index (χ2v) is 9.97. The van der Waals surface area contributed by atoms with Gasteiger partial charge in [-0.3, -0.25) is 9.59 Å². The Labute approximate surface area is 211 Å². The molecule has 0 radical (unpaired) electrons. The van der Waals surface area contributed by atoms with Gasteiger partial charge in [0, 0.05) is 22.1 Å². The minimum Gasteiger partial charge on any atom is -0.484 e. The van der Waals surface area contributed by atoms with Crippen molar-refractivity contribution in [3.8, 4) is 5.75 Å². The fraction of sp³-hybridized carbons (Fsp3) is 0.500. The molecule has 2 amide bonds. The Bertz CT molecular complexity index is 1020. The number of aliphatic carboxylic acids is 1. The predicted octanol–water partition coefficient (Wildman–Crippen LogP) is 3.10. The number of methoxy groups -OCH3 is 1. The first-order valence-electron chi connectivity index (χ1n) is 10.2. The lowest BCUT2D eigenvalue weighted by molar-refractivity contribution is -0.166. The molecule has 0 aliphatic carbocycles. The SMILES string of the molecule is COC(=O)SSC[C@H](NC(=O)COc1cccc(C2(C(F)(F)F)N=N2)c1)C(=O)N[C@@H](C(=O)O)C(C)C. The number of ether oxygens (including phenoxy) is 2. The predicted molar refractivity (Wildman–Crippen MR) is 123 cm³/mol. The largest absolute Gasteiger partial charge is 0.484 e. The standard InChI is InChI=1S/C20H23F3N4O7S2/c1-10(2)15(17(30)31)25-16(29)13(9-35-36-18(32)33-3)24-14(28)8-34-12-6-4-5-11(7-12)19(26-27-19)20(21,22)23/h4-7,10,13,15H,8-9H2,1-3H3,(H,24,28)(H,25,29)(H,30,31)/t13-,15+/m0/s1. The summed E-state index contributed by atoms with van der Waals surface area (Å²) in [7, 11) is 2.72. The molecular weight excluding hydrogens is 529 g/mol. The highest BCUT2D eigenvalue weighted by Crippen LogP contribution is 2.52. The lowest BCUT2D eigenvalue weighted by atomic mass is 10.0. The first-order chi connectivity index (χ1) is 16.8. The molecule has 1 heterocycles. The van der Waals surface area contributed by atoms with Crippen LogP contribution in [0, 0.1) is 5.92 Å². The van der Waals surface area contributed by atoms with E-state index in [4.69, 9.17) is 4.74 Å². The van der Waals surface area contributed by atoms with Crippen molar-refractivity contribution < 1.29 is 46.9 Å². The van der Waals surface area contributed by atoms with Crippen molar-refractivity contribution in [1.82, 2.24) is 10.6 Å². The van der Waals surface area contributed by atoms with Crippen LogP contribution in [0.1, 0.15) is 19.4 Å². The molecule has 0 bridgehead atoms. The van der Waals surface area contributed by atoms with Gasteiger partial charge in [-0.15, -0.1) is 10.2 Å². The molecule has 0 spiro atoms. The Balaban J connectivity index is 2.03. The van der Waals surface area contributed by atoms with Crippen LogP contribution < -0.4 is 15.4 Å². The molecule has 0 saturated heterocycles. The van der Waals surface area contributed by atoms with Gasteiger partial charge in [-0.2, -0.15) is 13.2 Å². The molecule has 11 nitrogen and oxygen atoms in total. The highest BCUT2D eigenvalue weighted by Gasteiger charge is 2.65. The molecule has 0 unspecified atom stereocenters. The Morgan fingerprint density at radius 3 is 2.36 bits per heavy atom. The van der Waals surface area contributed by atoms with E-state index in [-0.39, 0.29) is 17.1 Å². The first-order valence-corrected chi connectivity index (χ1v) is 12.6. The van der Waals surface area contributed by atoms with Gasteiger partial charge in [-0.05, 0) is 18.1 Å². The van der Waals surface area contributed by atoms with Crippen molar-refractivity contribution in [2.75, 3.05) is 19.5 Å². The van der Waals surface area contributed by atoms with E-state index in [0.29, 0.717) is 10.8 Å². The number of hydrogen-bond acceptors (Lipinski definition) is 10. The second kappa shape index (κ2) is 12.3. The third-order valence-electron chi connectivity index (χ3n) is 4.71. The molecule has 1 aliphatic heterocycles. The van der Waals surface area contributed by atoms with E-state index in [1.54, 1.807) is 13.8 Å². The van der Waals surface area contributed by atoms with Gasteiger partial charge < -0.3 is 25.2 Å². The lowest BCUT2D eigenvalue weighted by Gasteiger charge is -2.23. The molecule has 0 fully saturated rings. The van der Waals surface area contributed by atoms with Crippen LogP contribution in [-0.4, -0.2) is 65.9 Å². The number of rotatable bonds is 12. The minimum atomic E-state index is -4.73. The summed E-state index contributed by atoms with van der Waals surface area (Å²) in [5.41, 5.74) is -2.93. The van der Waals surface area contributed by atoms with Gasteiger partial charge >= 0.3 is 23.1 Å². The number of carboxylic acids is 1. The molecular formula is C20H23F3N4O7S2. The van der Waals surface area contributed by atoms with Gasteiger partial charge in [-0.1, -0.05) is 36.8 Å². The van der Waals surface area contributed by atoms with Crippen LogP contribution >= 0.6 is 21.6 Å². The third-order valence-corrected chi connectivity index (χ3v) is 6.77. The van der Waals surface area contributed by atoms with Gasteiger partial charge in [0.25, 0.3) is 5.91 Å². The molecule has 1 aliphatic rings. The van der Waals surface area contributed by atoms with Crippen LogP contribution in [-0.2, 0) is 24.8 Å². The van der Waals surface area contributed by atoms with Crippen LogP contribution in [0.5, 0.6) is 5.75 Å². The summed E-state index contributed by atoms with van der Waals surface area (Å²) in [5, 5.41) is 19.6. The van der Waals surface area contributed by atoms with Crippen LogP contribution in [0.15, 0.2) is 34.5 Å². The number of hydrogen-bond donors (Lipinski definition) is 3. The topological polar surface area (TPSA) is 156 Å². The molecule has 1 aromatic carbocycles. The number of carbonyl (C=O) groups is 4. The van der Waals surface area contributed by atoms with Crippen molar-refractivity contribution in [2.24, 2.45) is 16.1 Å². The van der Waals surface area contributed by atoms with Crippen LogP contribution in [0.4, 0.5) is 18.0 Å². The van der Waals surface area contributed by atoms with Gasteiger partial charge in [-0.25, -0.2) is 9.59 Å². The van der Waals surface area contributed by atoms with E-state index >= 15 is 0 Å². The number of nitrogens with one attached hydrogen (secondary N) is 2. The fourth-order valence-electron chi connectivity index (χ4n) is 2.76. The smallest absolute Gasteiger partial charge is 0.442 e. The zero-order valence-corrected chi connectivity index (χ0v) is 20.8. The molecule has 2 atom stereocenters. The highest BCUT2D eigenvalue weighted by molar-refractivity contribution is 8.82. The van der Waals surface area contributed by atoms with Gasteiger partial charge in [0.1, 0.15) is 17.8 Å². The van der Waals surface area contributed by atoms with Crippen molar-refractivity contribution in [3.05, 3.63) is 29.8 Å². The number of nitrogens with zero attached hydrogens (tertiary/aromatic N) is 2. The van der Waals surface area contributed by atoms with E-state index in [1.807, 2.05) is 0 Å². The van der Waals surface area contributed by atoms with Gasteiger partial charge in [0.2, 0.25) is 5.91 Å². The molecule has 198 valence electrons. The quantitative estimate of drug-likeness (QED) is 0.262. The summed E-state index contributed by atoms with van der Waals surface area (Å²) in [5.74, 6) is -3.55. The summed E-state index contributed by atoms with van der Waals surface area (Å²) >= 11 is 0. The van der Waals surface area contributed by atoms with Crippen LogP contribution in [0.2, 0.25) is 0 Å². The average Bonchev–Trinajstić information content (AvgIpc) is 3.62. The second-order valence-electron chi connectivity index (χ2n) is 7.70. The average molecular weight is 553 g/mol. The maximum absolute atomic E-state index is 13.2. The van der Waals surface area contributed by atoms with Gasteiger partial charge in [0.05, 0.1) is 7.11 Å². The summed E-state index contributed by atoms with van der Waals surface area (Å²) < 4.78 is 49.4. The third kappa shape index (κ3) is 7.74. The molecule has 1 aromatic rings. The number of halogens is 3. The van der Waals surface area contributed by atoms with E-state index in [2.05, 4.69) is 25.6 Å². The molecule has 36 heavy (non-hydrogen) atoms. The highest BCUT2D eigenvalue weighted by atomic mass is 33.1. The number of carbonyl (C=O) groups excluding carboxylic acids is 3. The Morgan fingerprint density at radius 2 is 1.83 bits per heavy atom. The zero-order valence-electron chi connectivity index (χ0n) is 19.2. The van der Waals surface area contributed by atoms with E-state index in [9.17, 15) is 37.5 Å². The maximum Gasteiger partial charge on any atom is 0.442 e. The van der Waals surface area contributed by atoms with E-state index in [1.165, 1.54) is 18.2 Å². The lowest BCUT2D eigenvalue weighted by Crippen LogP contribution is -2.54. The van der Waals surface area contributed by atoms with Crippen LogP contribution in [0.3, 0.4) is 0 Å². The first kappa shape index (κ1) is 29.2. The summed E-state index contributed by atoms with van der Waals surface area (Å²) in [6, 6.07) is 2.35. The normalized spacial score (nSPS) is 15.5. The van der Waals surface area contributed by atoms with Crippen molar-refractivity contribution in [3.63, 3.8) is 0 Å². The summed E-state index contributed by atoms with van der Waals surface area (Å²) in [4.78, 5) is 47.8. The molecule has 0 saturated carbocycles. The Kier molecular flexibility index (Phi) is 9.98. The summed E-state index contributed by atoms with van der Waals surface area (Å²) in [6.07, 6.45) is -4.73. The monoisotopic (exact) mass is 552 g/mol. The van der Waals surface area contributed by atoms with Gasteiger partial charge in [0.15, 0.2) is 6.61 Å². The number of alkyl halides is 3. The molecule has 0 aromatic heterocycles.